The van der Waals surface area contributed by atoms with Crippen LogP contribution in [0, 0.1) is 0 Å². The van der Waals surface area contributed by atoms with E-state index < -0.39 is 8.25 Å². The van der Waals surface area contributed by atoms with Crippen molar-refractivity contribution in [3.63, 3.8) is 0 Å². The fourth-order valence-electron chi connectivity index (χ4n) is 0.343. The number of hydrogen-bond acceptors (Lipinski definition) is 5. The van der Waals surface area contributed by atoms with Crippen LogP contribution in [-0.2, 0) is 13.6 Å². The second-order valence-electron chi connectivity index (χ2n) is 1.58. The second kappa shape index (κ2) is 7.75. The Morgan fingerprint density at radius 2 is 2.27 bits per heavy atom. The van der Waals surface area contributed by atoms with Gasteiger partial charge in [-0.05, 0) is 6.08 Å². The van der Waals surface area contributed by atoms with Crippen LogP contribution in [0.5, 0.6) is 0 Å². The van der Waals surface area contributed by atoms with Crippen molar-refractivity contribution in [3.8, 4) is 0 Å². The van der Waals surface area contributed by atoms with Crippen molar-refractivity contribution >= 4 is 8.25 Å². The van der Waals surface area contributed by atoms with Gasteiger partial charge in [0.25, 0.3) is 0 Å². The Hall–Kier alpha value is -0.350. The van der Waals surface area contributed by atoms with Gasteiger partial charge in [0.2, 0.25) is 0 Å². The molecule has 6 heteroatoms. The summed E-state index contributed by atoms with van der Waals surface area (Å²) < 4.78 is 19.9. The summed E-state index contributed by atoms with van der Waals surface area (Å²) in [5.74, 6) is 0. The van der Waals surface area contributed by atoms with Crippen molar-refractivity contribution in [2.45, 2.75) is 0 Å². The van der Waals surface area contributed by atoms with Gasteiger partial charge in [-0.25, -0.2) is 0 Å². The molecule has 0 rings (SSSR count). The van der Waals surface area contributed by atoms with Crippen molar-refractivity contribution < 1.29 is 18.7 Å². The minimum atomic E-state index is -2.42. The first-order valence-electron chi connectivity index (χ1n) is 3.10. The molecule has 1 unspecified atom stereocenters. The zero-order valence-electron chi connectivity index (χ0n) is 6.03. The molecule has 0 aromatic rings. The molecule has 5 nitrogen and oxygen atoms in total. The van der Waals surface area contributed by atoms with E-state index in [1.54, 1.807) is 0 Å². The van der Waals surface area contributed by atoms with Crippen molar-refractivity contribution in [2.75, 3.05) is 19.8 Å². The molecule has 0 aromatic heterocycles. The van der Waals surface area contributed by atoms with Gasteiger partial charge in [-0.3, -0.25) is 4.57 Å². The van der Waals surface area contributed by atoms with Gasteiger partial charge in [-0.1, -0.05) is 0 Å². The third-order valence-corrected chi connectivity index (χ3v) is 1.58. The van der Waals surface area contributed by atoms with E-state index in [1.807, 2.05) is 0 Å². The van der Waals surface area contributed by atoms with E-state index in [4.69, 9.17) is 10.8 Å². The molecule has 0 aromatic carbocycles. The summed E-state index contributed by atoms with van der Waals surface area (Å²) >= 11 is 0. The Bertz CT molecular complexity index is 138. The lowest BCUT2D eigenvalue weighted by molar-refractivity contribution is 0.246. The highest BCUT2D eigenvalue weighted by Crippen LogP contribution is 2.22. The largest absolute Gasteiger partial charge is 0.516 e. The third-order valence-electron chi connectivity index (χ3n) is 0.741. The van der Waals surface area contributed by atoms with Crippen molar-refractivity contribution in [2.24, 2.45) is 5.73 Å². The molecule has 3 N–H and O–H groups in total. The SMILES string of the molecule is NCCO[PH](=O)OC/C=C/O. The molecule has 0 aliphatic carbocycles. The average molecular weight is 181 g/mol. The van der Waals surface area contributed by atoms with Gasteiger partial charge in [0.05, 0.1) is 19.5 Å². The average Bonchev–Trinajstić information content (AvgIpc) is 2.01. The van der Waals surface area contributed by atoms with Gasteiger partial charge in [0.15, 0.2) is 0 Å². The number of aliphatic hydroxyl groups is 1. The molecule has 0 fully saturated rings. The van der Waals surface area contributed by atoms with E-state index >= 15 is 0 Å². The molecule has 0 saturated carbocycles. The van der Waals surface area contributed by atoms with Crippen LogP contribution >= 0.6 is 8.25 Å². The summed E-state index contributed by atoms with van der Waals surface area (Å²) in [6, 6.07) is 0. The summed E-state index contributed by atoms with van der Waals surface area (Å²) in [5.41, 5.74) is 5.07. The lowest BCUT2D eigenvalue weighted by Gasteiger charge is -2.00. The summed E-state index contributed by atoms with van der Waals surface area (Å²) in [6.07, 6.45) is 2.13. The lowest BCUT2D eigenvalue weighted by Crippen LogP contribution is -2.05. The molecule has 0 aliphatic rings. The number of aliphatic hydroxyl groups excluding tert-OH is 1. The molecule has 0 heterocycles. The van der Waals surface area contributed by atoms with Gasteiger partial charge in [-0.15, -0.1) is 0 Å². The predicted molar refractivity (Wildman–Crippen MR) is 41.7 cm³/mol. The minimum absolute atomic E-state index is 0.0822. The van der Waals surface area contributed by atoms with Crippen LogP contribution < -0.4 is 5.73 Å². The topological polar surface area (TPSA) is 81.8 Å². The van der Waals surface area contributed by atoms with Crippen LogP contribution in [0.15, 0.2) is 12.3 Å². The fourth-order valence-corrected chi connectivity index (χ4v) is 0.943. The Labute approximate surface area is 65.7 Å². The molecule has 0 radical (unpaired) electrons. The molecule has 1 atom stereocenters. The minimum Gasteiger partial charge on any atom is -0.516 e. The molecule has 0 aliphatic heterocycles. The van der Waals surface area contributed by atoms with Gasteiger partial charge in [0.1, 0.15) is 0 Å². The smallest absolute Gasteiger partial charge is 0.319 e. The van der Waals surface area contributed by atoms with Crippen molar-refractivity contribution in [1.82, 2.24) is 0 Å². The van der Waals surface area contributed by atoms with Crippen LogP contribution in [0.3, 0.4) is 0 Å². The standard InChI is InChI=1S/C5H12NO4P/c6-2-5-10-11(8)9-4-1-3-7/h1,3,7,11H,2,4-6H2/b3-1+. The highest BCUT2D eigenvalue weighted by atomic mass is 31.1. The second-order valence-corrected chi connectivity index (χ2v) is 2.66. The van der Waals surface area contributed by atoms with Crippen LogP contribution in [0.2, 0.25) is 0 Å². The van der Waals surface area contributed by atoms with Crippen LogP contribution in [0.25, 0.3) is 0 Å². The Balaban J connectivity index is 3.22. The monoisotopic (exact) mass is 181 g/mol. The van der Waals surface area contributed by atoms with E-state index in [9.17, 15) is 4.57 Å². The van der Waals surface area contributed by atoms with E-state index in [0.29, 0.717) is 6.54 Å². The van der Waals surface area contributed by atoms with Gasteiger partial charge in [-0.2, -0.15) is 0 Å². The molecule has 0 amide bonds. The van der Waals surface area contributed by atoms with Crippen LogP contribution in [0.4, 0.5) is 0 Å². The molecule has 11 heavy (non-hydrogen) atoms. The zero-order chi connectivity index (χ0) is 8.53. The van der Waals surface area contributed by atoms with Crippen LogP contribution in [-0.4, -0.2) is 24.9 Å². The predicted octanol–water partition coefficient (Wildman–Crippen LogP) is 0.440. The van der Waals surface area contributed by atoms with Crippen LogP contribution in [0.1, 0.15) is 0 Å². The highest BCUT2D eigenvalue weighted by Gasteiger charge is 1.95. The van der Waals surface area contributed by atoms with Gasteiger partial charge < -0.3 is 19.9 Å². The molecule has 0 spiro atoms. The first kappa shape index (κ1) is 10.7. The first-order valence-corrected chi connectivity index (χ1v) is 4.32. The Morgan fingerprint density at radius 1 is 1.55 bits per heavy atom. The molecule has 0 saturated heterocycles. The van der Waals surface area contributed by atoms with Crippen molar-refractivity contribution in [3.05, 3.63) is 12.3 Å². The maximum atomic E-state index is 10.6. The summed E-state index contributed by atoms with van der Waals surface area (Å²) in [5, 5.41) is 8.14. The number of nitrogens with two attached hydrogens (primary N) is 1. The summed E-state index contributed by atoms with van der Waals surface area (Å²) in [7, 11) is -2.42. The third kappa shape index (κ3) is 7.55. The van der Waals surface area contributed by atoms with E-state index in [1.165, 1.54) is 6.08 Å². The maximum Gasteiger partial charge on any atom is 0.319 e. The lowest BCUT2D eigenvalue weighted by atomic mass is 10.7. The number of hydrogen-bond donors (Lipinski definition) is 2. The normalized spacial score (nSPS) is 13.9. The van der Waals surface area contributed by atoms with E-state index in [0.717, 1.165) is 6.26 Å². The molecular formula is C5H12NO4P. The maximum absolute atomic E-state index is 10.6. The van der Waals surface area contributed by atoms with Gasteiger partial charge in [0, 0.05) is 6.54 Å². The Morgan fingerprint density at radius 3 is 2.82 bits per heavy atom. The van der Waals surface area contributed by atoms with E-state index in [-0.39, 0.29) is 13.2 Å². The molecular weight excluding hydrogens is 169 g/mol. The summed E-state index contributed by atoms with van der Waals surface area (Å²) in [6.45, 7) is 0.620. The van der Waals surface area contributed by atoms with Gasteiger partial charge >= 0.3 is 8.25 Å². The first-order chi connectivity index (χ1) is 5.31. The highest BCUT2D eigenvalue weighted by molar-refractivity contribution is 7.33. The zero-order valence-corrected chi connectivity index (χ0v) is 7.03. The number of rotatable bonds is 6. The summed E-state index contributed by atoms with van der Waals surface area (Å²) in [4.78, 5) is 0. The molecule has 0 bridgehead atoms. The Kier molecular flexibility index (Phi) is 7.51. The fraction of sp³-hybridized carbons (Fsp3) is 0.600. The van der Waals surface area contributed by atoms with E-state index in [2.05, 4.69) is 9.05 Å². The quantitative estimate of drug-likeness (QED) is 0.459. The molecule has 66 valence electrons. The van der Waals surface area contributed by atoms with Crippen molar-refractivity contribution in [1.29, 1.82) is 0 Å².